The number of hydrogen-bond acceptors (Lipinski definition) is 4. The van der Waals surface area contributed by atoms with Crippen LogP contribution in [0.4, 0.5) is 5.69 Å². The molecule has 7 nitrogen and oxygen atoms in total. The summed E-state index contributed by atoms with van der Waals surface area (Å²) < 4.78 is 0. The number of rotatable bonds is 3. The first-order valence-corrected chi connectivity index (χ1v) is 5.57. The highest BCUT2D eigenvalue weighted by molar-refractivity contribution is 6.34. The number of aromatic nitrogens is 2. The molecule has 0 fully saturated rings. The topological polar surface area (TPSA) is 116 Å². The summed E-state index contributed by atoms with van der Waals surface area (Å²) in [4.78, 5) is 11.8. The van der Waals surface area contributed by atoms with Crippen molar-refractivity contribution in [2.24, 2.45) is 10.9 Å². The first-order valence-electron chi connectivity index (χ1n) is 5.19. The van der Waals surface area contributed by atoms with Crippen molar-refractivity contribution in [1.29, 1.82) is 0 Å². The van der Waals surface area contributed by atoms with Crippen molar-refractivity contribution in [2.45, 2.75) is 0 Å². The van der Waals surface area contributed by atoms with Crippen LogP contribution in [0, 0.1) is 0 Å². The molecule has 1 amide bonds. The highest BCUT2D eigenvalue weighted by Gasteiger charge is 2.11. The van der Waals surface area contributed by atoms with Gasteiger partial charge in [-0.1, -0.05) is 16.8 Å². The Morgan fingerprint density at radius 2 is 2.26 bits per heavy atom. The lowest BCUT2D eigenvalue weighted by atomic mass is 10.2. The summed E-state index contributed by atoms with van der Waals surface area (Å²) in [6.45, 7) is 0. The quantitative estimate of drug-likeness (QED) is 0.294. The van der Waals surface area contributed by atoms with Gasteiger partial charge in [0.2, 0.25) is 0 Å². The molecule has 0 radical (unpaired) electrons. The second kappa shape index (κ2) is 5.40. The Labute approximate surface area is 113 Å². The van der Waals surface area contributed by atoms with Gasteiger partial charge in [0.25, 0.3) is 5.91 Å². The zero-order valence-corrected chi connectivity index (χ0v) is 10.3. The minimum Gasteiger partial charge on any atom is -0.409 e. The van der Waals surface area contributed by atoms with E-state index in [0.29, 0.717) is 21.8 Å². The van der Waals surface area contributed by atoms with Gasteiger partial charge in [0.05, 0.1) is 22.5 Å². The van der Waals surface area contributed by atoms with Gasteiger partial charge in [0.15, 0.2) is 5.84 Å². The number of oxime groups is 1. The molecule has 2 aromatic rings. The van der Waals surface area contributed by atoms with Crippen molar-refractivity contribution >= 4 is 29.0 Å². The van der Waals surface area contributed by atoms with Gasteiger partial charge in [-0.3, -0.25) is 9.89 Å². The van der Waals surface area contributed by atoms with Gasteiger partial charge in [0.1, 0.15) is 0 Å². The number of halogens is 1. The number of carbonyl (C=O) groups is 1. The highest BCUT2D eigenvalue weighted by atomic mass is 35.5. The largest absolute Gasteiger partial charge is 0.409 e. The molecule has 1 aromatic carbocycles. The maximum Gasteiger partial charge on any atom is 0.258 e. The molecular weight excluding hydrogens is 270 g/mol. The molecule has 19 heavy (non-hydrogen) atoms. The number of nitrogens with two attached hydrogens (primary N) is 1. The fraction of sp³-hybridized carbons (Fsp3) is 0. The molecule has 1 heterocycles. The van der Waals surface area contributed by atoms with Crippen molar-refractivity contribution in [2.75, 3.05) is 5.32 Å². The van der Waals surface area contributed by atoms with Crippen LogP contribution in [0.1, 0.15) is 15.9 Å². The second-order valence-corrected chi connectivity index (χ2v) is 4.03. The van der Waals surface area contributed by atoms with Gasteiger partial charge in [-0.25, -0.2) is 0 Å². The van der Waals surface area contributed by atoms with E-state index in [1.165, 1.54) is 18.5 Å². The summed E-state index contributed by atoms with van der Waals surface area (Å²) in [6.07, 6.45) is 2.84. The molecule has 0 unspecified atom stereocenters. The van der Waals surface area contributed by atoms with E-state index in [1.54, 1.807) is 12.1 Å². The number of amidine groups is 1. The molecular formula is C11H10ClN5O2. The van der Waals surface area contributed by atoms with Gasteiger partial charge in [-0.15, -0.1) is 0 Å². The molecule has 8 heteroatoms. The first kappa shape index (κ1) is 12.9. The third-order valence-electron chi connectivity index (χ3n) is 2.38. The Bertz CT molecular complexity index is 624. The Hall–Kier alpha value is -2.54. The molecule has 1 aromatic heterocycles. The summed E-state index contributed by atoms with van der Waals surface area (Å²) in [6, 6.07) is 4.63. The van der Waals surface area contributed by atoms with E-state index in [2.05, 4.69) is 20.7 Å². The van der Waals surface area contributed by atoms with Crippen molar-refractivity contribution in [3.8, 4) is 0 Å². The minimum absolute atomic E-state index is 0.0736. The van der Waals surface area contributed by atoms with Crippen LogP contribution in [0.2, 0.25) is 5.02 Å². The van der Waals surface area contributed by atoms with Crippen LogP contribution < -0.4 is 11.1 Å². The molecule has 0 saturated carbocycles. The molecule has 0 aliphatic rings. The minimum atomic E-state index is -0.368. The van der Waals surface area contributed by atoms with E-state index >= 15 is 0 Å². The standard InChI is InChI=1S/C11H10ClN5O2/c12-8-2-1-6(10(13)17-19)3-9(8)16-11(18)7-4-14-15-5-7/h1-5,19H,(H2,13,17)(H,14,15)(H,16,18). The summed E-state index contributed by atoms with van der Waals surface area (Å²) in [5.41, 5.74) is 6.63. The average Bonchev–Trinajstić information content (AvgIpc) is 2.94. The summed E-state index contributed by atoms with van der Waals surface area (Å²) in [5.74, 6) is -0.442. The van der Waals surface area contributed by atoms with Crippen LogP contribution in [-0.4, -0.2) is 27.1 Å². The molecule has 5 N–H and O–H groups in total. The smallest absolute Gasteiger partial charge is 0.258 e. The van der Waals surface area contributed by atoms with Gasteiger partial charge in [0, 0.05) is 11.8 Å². The van der Waals surface area contributed by atoms with Crippen molar-refractivity contribution in [3.05, 3.63) is 46.7 Å². The molecule has 0 bridgehead atoms. The van der Waals surface area contributed by atoms with Crippen LogP contribution in [0.15, 0.2) is 35.7 Å². The number of nitrogens with one attached hydrogen (secondary N) is 2. The van der Waals surface area contributed by atoms with Crippen molar-refractivity contribution in [3.63, 3.8) is 0 Å². The molecule has 0 spiro atoms. The SMILES string of the molecule is NC(=NO)c1ccc(Cl)c(NC(=O)c2cn[nH]c2)c1. The number of anilines is 1. The van der Waals surface area contributed by atoms with Gasteiger partial charge >= 0.3 is 0 Å². The number of hydrogen-bond donors (Lipinski definition) is 4. The van der Waals surface area contributed by atoms with Crippen LogP contribution in [0.25, 0.3) is 0 Å². The normalized spacial score (nSPS) is 11.3. The van der Waals surface area contributed by atoms with Crippen LogP contribution in [0.5, 0.6) is 0 Å². The Morgan fingerprint density at radius 1 is 1.47 bits per heavy atom. The third-order valence-corrected chi connectivity index (χ3v) is 2.71. The highest BCUT2D eigenvalue weighted by Crippen LogP contribution is 2.23. The van der Waals surface area contributed by atoms with E-state index in [0.717, 1.165) is 0 Å². The zero-order valence-electron chi connectivity index (χ0n) is 9.59. The molecule has 0 aliphatic heterocycles. The molecule has 0 atom stereocenters. The molecule has 98 valence electrons. The number of benzene rings is 1. The second-order valence-electron chi connectivity index (χ2n) is 3.62. The van der Waals surface area contributed by atoms with Gasteiger partial charge in [-0.2, -0.15) is 5.10 Å². The van der Waals surface area contributed by atoms with Crippen LogP contribution in [-0.2, 0) is 0 Å². The van der Waals surface area contributed by atoms with E-state index in [1.807, 2.05) is 0 Å². The Balaban J connectivity index is 2.27. The average molecular weight is 280 g/mol. The summed E-state index contributed by atoms with van der Waals surface area (Å²) in [7, 11) is 0. The van der Waals surface area contributed by atoms with Crippen LogP contribution in [0.3, 0.4) is 0 Å². The number of amides is 1. The number of H-pyrrole nitrogens is 1. The predicted molar refractivity (Wildman–Crippen MR) is 70.5 cm³/mol. The van der Waals surface area contributed by atoms with E-state index < -0.39 is 0 Å². The van der Waals surface area contributed by atoms with E-state index in [4.69, 9.17) is 22.5 Å². The van der Waals surface area contributed by atoms with Crippen molar-refractivity contribution < 1.29 is 10.0 Å². The summed E-state index contributed by atoms with van der Waals surface area (Å²) in [5, 5.41) is 20.7. The number of nitrogens with zero attached hydrogens (tertiary/aromatic N) is 2. The Kier molecular flexibility index (Phi) is 3.67. The maximum absolute atomic E-state index is 11.8. The van der Waals surface area contributed by atoms with Gasteiger partial charge in [-0.05, 0) is 18.2 Å². The Morgan fingerprint density at radius 3 is 2.89 bits per heavy atom. The lowest BCUT2D eigenvalue weighted by Crippen LogP contribution is -2.15. The van der Waals surface area contributed by atoms with E-state index in [9.17, 15) is 4.79 Å². The number of aromatic amines is 1. The maximum atomic E-state index is 11.8. The fourth-order valence-corrected chi connectivity index (χ4v) is 1.57. The van der Waals surface area contributed by atoms with Crippen LogP contribution >= 0.6 is 11.6 Å². The molecule has 0 saturated heterocycles. The summed E-state index contributed by atoms with van der Waals surface area (Å²) >= 11 is 5.97. The predicted octanol–water partition coefficient (Wildman–Crippen LogP) is 1.41. The molecule has 0 aliphatic carbocycles. The van der Waals surface area contributed by atoms with E-state index in [-0.39, 0.29) is 11.7 Å². The first-order chi connectivity index (χ1) is 9.11. The number of carbonyl (C=O) groups excluding carboxylic acids is 1. The lowest BCUT2D eigenvalue weighted by molar-refractivity contribution is 0.102. The van der Waals surface area contributed by atoms with Gasteiger partial charge < -0.3 is 16.3 Å². The molecule has 2 rings (SSSR count). The fourth-order valence-electron chi connectivity index (χ4n) is 1.41. The lowest BCUT2D eigenvalue weighted by Gasteiger charge is -2.08. The van der Waals surface area contributed by atoms with Crippen molar-refractivity contribution in [1.82, 2.24) is 10.2 Å². The zero-order chi connectivity index (χ0) is 13.8. The third kappa shape index (κ3) is 2.83. The monoisotopic (exact) mass is 279 g/mol.